The van der Waals surface area contributed by atoms with E-state index in [-0.39, 0.29) is 17.6 Å². The van der Waals surface area contributed by atoms with Gasteiger partial charge in [-0.25, -0.2) is 0 Å². The molecule has 0 saturated heterocycles. The van der Waals surface area contributed by atoms with E-state index < -0.39 is 5.41 Å². The van der Waals surface area contributed by atoms with E-state index in [4.69, 9.17) is 11.6 Å². The van der Waals surface area contributed by atoms with Crippen LogP contribution in [0.5, 0.6) is 0 Å². The Morgan fingerprint density at radius 2 is 1.65 bits per heavy atom. The second-order valence-corrected chi connectivity index (χ2v) is 8.19. The van der Waals surface area contributed by atoms with Crippen LogP contribution in [0.25, 0.3) is 0 Å². The number of nitrogens with one attached hydrogen (secondary N) is 2. The molecule has 0 aliphatic heterocycles. The number of hydrazine groups is 1. The Kier molecular flexibility index (Phi) is 5.58. The molecule has 1 fully saturated rings. The first-order chi connectivity index (χ1) is 12.4. The molecule has 2 amide bonds. The minimum absolute atomic E-state index is 0.146. The Morgan fingerprint density at radius 3 is 2.23 bits per heavy atom. The summed E-state index contributed by atoms with van der Waals surface area (Å²) < 4.78 is 0. The molecule has 1 aliphatic carbocycles. The van der Waals surface area contributed by atoms with Gasteiger partial charge in [0.25, 0.3) is 0 Å². The number of hydrogen-bond donors (Lipinski definition) is 2. The predicted molar refractivity (Wildman–Crippen MR) is 105 cm³/mol. The maximum Gasteiger partial charge on any atom is 0.249 e. The molecule has 2 aromatic rings. The SMILES string of the molecule is Cc1cc(C)cc(C2(C(=O)NNC(=O)CSc3ccc(Cl)cc3)CC2)c1. The van der Waals surface area contributed by atoms with E-state index in [0.29, 0.717) is 5.02 Å². The number of aryl methyl sites for hydroxylation is 2. The van der Waals surface area contributed by atoms with Crippen LogP contribution < -0.4 is 10.9 Å². The normalized spacial score (nSPS) is 14.6. The lowest BCUT2D eigenvalue weighted by atomic mass is 9.92. The molecule has 0 radical (unpaired) electrons. The molecule has 0 bridgehead atoms. The molecule has 0 unspecified atom stereocenters. The second-order valence-electron chi connectivity index (χ2n) is 6.70. The van der Waals surface area contributed by atoms with Crippen molar-refractivity contribution >= 4 is 35.2 Å². The molecule has 6 heteroatoms. The summed E-state index contributed by atoms with van der Waals surface area (Å²) in [6, 6.07) is 13.5. The molecule has 2 N–H and O–H groups in total. The van der Waals surface area contributed by atoms with Gasteiger partial charge in [-0.2, -0.15) is 0 Å². The zero-order valence-corrected chi connectivity index (χ0v) is 16.3. The lowest BCUT2D eigenvalue weighted by molar-refractivity contribution is -0.129. The van der Waals surface area contributed by atoms with E-state index in [0.717, 1.165) is 34.4 Å². The third-order valence-corrected chi connectivity index (χ3v) is 5.72. The quantitative estimate of drug-likeness (QED) is 0.602. The molecule has 0 aromatic heterocycles. The molecule has 0 spiro atoms. The highest BCUT2D eigenvalue weighted by Gasteiger charge is 2.51. The molecule has 26 heavy (non-hydrogen) atoms. The minimum atomic E-state index is -0.507. The first kappa shape index (κ1) is 18.8. The van der Waals surface area contributed by atoms with Crippen LogP contribution in [0.1, 0.15) is 29.5 Å². The smallest absolute Gasteiger partial charge is 0.249 e. The highest BCUT2D eigenvalue weighted by atomic mass is 35.5. The van der Waals surface area contributed by atoms with Gasteiger partial charge in [0, 0.05) is 9.92 Å². The third kappa shape index (κ3) is 4.40. The fourth-order valence-corrected chi connectivity index (χ4v) is 3.81. The van der Waals surface area contributed by atoms with Crippen LogP contribution in [-0.2, 0) is 15.0 Å². The number of thioether (sulfide) groups is 1. The van der Waals surface area contributed by atoms with Crippen LogP contribution in [0.2, 0.25) is 5.02 Å². The van der Waals surface area contributed by atoms with Crippen LogP contribution >= 0.6 is 23.4 Å². The Morgan fingerprint density at radius 1 is 1.04 bits per heavy atom. The number of halogens is 1. The Bertz CT molecular complexity index is 812. The highest BCUT2D eigenvalue weighted by Crippen LogP contribution is 2.48. The van der Waals surface area contributed by atoms with Gasteiger partial charge in [0.05, 0.1) is 11.2 Å². The maximum absolute atomic E-state index is 12.6. The van der Waals surface area contributed by atoms with Gasteiger partial charge in [0.15, 0.2) is 0 Å². The molecular weight excluding hydrogens is 368 g/mol. The number of hydrogen-bond acceptors (Lipinski definition) is 3. The first-order valence-corrected chi connectivity index (χ1v) is 9.82. The van der Waals surface area contributed by atoms with Gasteiger partial charge < -0.3 is 0 Å². The van der Waals surface area contributed by atoms with Crippen molar-refractivity contribution in [2.24, 2.45) is 0 Å². The maximum atomic E-state index is 12.6. The standard InChI is InChI=1S/C20H21ClN2O2S/c1-13-9-14(2)11-15(10-13)20(7-8-20)19(25)23-22-18(24)12-26-17-5-3-16(21)4-6-17/h3-6,9-11H,7-8,12H2,1-2H3,(H,22,24)(H,23,25). The van der Waals surface area contributed by atoms with Crippen LogP contribution in [-0.4, -0.2) is 17.6 Å². The lowest BCUT2D eigenvalue weighted by Gasteiger charge is -2.17. The Hall–Kier alpha value is -1.98. The van der Waals surface area contributed by atoms with Crippen molar-refractivity contribution in [3.8, 4) is 0 Å². The molecule has 1 aliphatic rings. The van der Waals surface area contributed by atoms with Gasteiger partial charge in [-0.1, -0.05) is 40.9 Å². The van der Waals surface area contributed by atoms with Gasteiger partial charge in [0.2, 0.25) is 11.8 Å². The summed E-state index contributed by atoms with van der Waals surface area (Å²) in [5.41, 5.74) is 7.92. The molecular formula is C20H21ClN2O2S. The monoisotopic (exact) mass is 388 g/mol. The predicted octanol–water partition coefficient (Wildman–Crippen LogP) is 3.93. The van der Waals surface area contributed by atoms with Gasteiger partial charge in [-0.15, -0.1) is 11.8 Å². The Balaban J connectivity index is 1.53. The van der Waals surface area contributed by atoms with Crippen LogP contribution in [0.15, 0.2) is 47.4 Å². The van der Waals surface area contributed by atoms with Crippen molar-refractivity contribution in [2.45, 2.75) is 37.0 Å². The van der Waals surface area contributed by atoms with Gasteiger partial charge in [-0.3, -0.25) is 20.4 Å². The van der Waals surface area contributed by atoms with E-state index in [2.05, 4.69) is 29.1 Å². The largest absolute Gasteiger partial charge is 0.272 e. The van der Waals surface area contributed by atoms with E-state index in [9.17, 15) is 9.59 Å². The lowest BCUT2D eigenvalue weighted by Crippen LogP contribution is -2.47. The number of carbonyl (C=O) groups is 2. The van der Waals surface area contributed by atoms with Crippen molar-refractivity contribution < 1.29 is 9.59 Å². The number of benzene rings is 2. The summed E-state index contributed by atoms with van der Waals surface area (Å²) >= 11 is 7.23. The van der Waals surface area contributed by atoms with E-state index >= 15 is 0 Å². The van der Waals surface area contributed by atoms with E-state index in [1.165, 1.54) is 11.8 Å². The fourth-order valence-electron chi connectivity index (χ4n) is 2.98. The molecule has 136 valence electrons. The summed E-state index contributed by atoms with van der Waals surface area (Å²) in [5, 5.41) is 0.659. The average molecular weight is 389 g/mol. The van der Waals surface area contributed by atoms with Crippen LogP contribution in [0.3, 0.4) is 0 Å². The van der Waals surface area contributed by atoms with Crippen LogP contribution in [0, 0.1) is 13.8 Å². The molecule has 4 nitrogen and oxygen atoms in total. The van der Waals surface area contributed by atoms with Gasteiger partial charge in [-0.05, 0) is 56.5 Å². The number of carbonyl (C=O) groups excluding carboxylic acids is 2. The highest BCUT2D eigenvalue weighted by molar-refractivity contribution is 8.00. The Labute approximate surface area is 162 Å². The summed E-state index contributed by atoms with van der Waals surface area (Å²) in [6.07, 6.45) is 1.61. The van der Waals surface area contributed by atoms with E-state index in [1.54, 1.807) is 12.1 Å². The van der Waals surface area contributed by atoms with Gasteiger partial charge >= 0.3 is 0 Å². The van der Waals surface area contributed by atoms with Crippen molar-refractivity contribution in [2.75, 3.05) is 5.75 Å². The molecule has 0 heterocycles. The summed E-state index contributed by atoms with van der Waals surface area (Å²) in [5.74, 6) is -0.166. The average Bonchev–Trinajstić information content (AvgIpc) is 3.40. The molecule has 1 saturated carbocycles. The number of amides is 2. The molecule has 0 atom stereocenters. The van der Waals surface area contributed by atoms with Crippen molar-refractivity contribution in [3.05, 3.63) is 64.2 Å². The van der Waals surface area contributed by atoms with E-state index in [1.807, 2.05) is 26.0 Å². The summed E-state index contributed by atoms with van der Waals surface area (Å²) in [4.78, 5) is 25.6. The number of rotatable bonds is 5. The van der Waals surface area contributed by atoms with Gasteiger partial charge in [0.1, 0.15) is 0 Å². The fraction of sp³-hybridized carbons (Fsp3) is 0.300. The van der Waals surface area contributed by atoms with Crippen LogP contribution in [0.4, 0.5) is 0 Å². The topological polar surface area (TPSA) is 58.2 Å². The zero-order chi connectivity index (χ0) is 18.7. The third-order valence-electron chi connectivity index (χ3n) is 4.46. The molecule has 3 rings (SSSR count). The summed E-state index contributed by atoms with van der Waals surface area (Å²) in [6.45, 7) is 4.06. The van der Waals surface area contributed by atoms with Crippen molar-refractivity contribution in [1.29, 1.82) is 0 Å². The second kappa shape index (κ2) is 7.72. The zero-order valence-electron chi connectivity index (χ0n) is 14.8. The first-order valence-electron chi connectivity index (χ1n) is 8.45. The molecule has 2 aromatic carbocycles. The minimum Gasteiger partial charge on any atom is -0.272 e. The van der Waals surface area contributed by atoms with Crippen molar-refractivity contribution in [3.63, 3.8) is 0 Å². The van der Waals surface area contributed by atoms with Crippen molar-refractivity contribution in [1.82, 2.24) is 10.9 Å². The summed E-state index contributed by atoms with van der Waals surface area (Å²) in [7, 11) is 0.